The number of nitrogens with two attached hydrogens (primary N) is 1. The number of halogens is 4. The SMILES string of the molecule is CC1=C/CC[N+](C)(C/C=C(\C)N)C(c2ccc(C(F)(F)F)cc2OC(C)F)\C(C)=C\1. The molecule has 0 saturated heterocycles. The number of alkyl halides is 4. The minimum absolute atomic E-state index is 0.0856. The first-order valence-electron chi connectivity index (χ1n) is 9.97. The van der Waals surface area contributed by atoms with E-state index in [0.29, 0.717) is 22.3 Å². The summed E-state index contributed by atoms with van der Waals surface area (Å²) in [6, 6.07) is 3.03. The Labute approximate surface area is 176 Å². The van der Waals surface area contributed by atoms with Gasteiger partial charge in [0.05, 0.1) is 31.3 Å². The van der Waals surface area contributed by atoms with Crippen molar-refractivity contribution in [2.75, 3.05) is 20.1 Å². The molecule has 0 amide bonds. The van der Waals surface area contributed by atoms with E-state index in [0.717, 1.165) is 43.2 Å². The van der Waals surface area contributed by atoms with E-state index >= 15 is 0 Å². The molecule has 2 rings (SSSR count). The lowest BCUT2D eigenvalue weighted by Crippen LogP contribution is -2.49. The maximum absolute atomic E-state index is 13.8. The lowest BCUT2D eigenvalue weighted by Gasteiger charge is -2.43. The second-order valence-electron chi connectivity index (χ2n) is 8.27. The highest BCUT2D eigenvalue weighted by molar-refractivity contribution is 5.44. The Balaban J connectivity index is 2.71. The number of hydrogen-bond acceptors (Lipinski definition) is 2. The molecule has 3 nitrogen and oxygen atoms in total. The van der Waals surface area contributed by atoms with Gasteiger partial charge in [-0.3, -0.25) is 0 Å². The minimum atomic E-state index is -4.54. The maximum atomic E-state index is 13.8. The molecule has 166 valence electrons. The number of benzene rings is 1. The molecule has 1 aliphatic heterocycles. The van der Waals surface area contributed by atoms with Crippen LogP contribution in [0.2, 0.25) is 0 Å². The molecule has 3 atom stereocenters. The van der Waals surface area contributed by atoms with Crippen LogP contribution in [0.3, 0.4) is 0 Å². The van der Waals surface area contributed by atoms with Crippen molar-refractivity contribution in [2.24, 2.45) is 5.73 Å². The van der Waals surface area contributed by atoms with Gasteiger partial charge in [0, 0.05) is 19.0 Å². The number of nitrogens with zero attached hydrogens (tertiary/aromatic N) is 1. The topological polar surface area (TPSA) is 35.2 Å². The monoisotopic (exact) mass is 427 g/mol. The average molecular weight is 428 g/mol. The molecule has 3 unspecified atom stereocenters. The van der Waals surface area contributed by atoms with E-state index in [-0.39, 0.29) is 11.8 Å². The predicted octanol–water partition coefficient (Wildman–Crippen LogP) is 6.05. The third-order valence-electron chi connectivity index (χ3n) is 5.37. The van der Waals surface area contributed by atoms with Gasteiger partial charge in [0.15, 0.2) is 0 Å². The number of ether oxygens (including phenoxy) is 1. The molecule has 1 aromatic carbocycles. The van der Waals surface area contributed by atoms with Gasteiger partial charge in [0.2, 0.25) is 6.36 Å². The first kappa shape index (κ1) is 24.0. The molecule has 7 heteroatoms. The first-order valence-corrected chi connectivity index (χ1v) is 9.97. The smallest absolute Gasteiger partial charge is 0.416 e. The molecule has 1 heterocycles. The summed E-state index contributed by atoms with van der Waals surface area (Å²) in [5.74, 6) is -0.0856. The van der Waals surface area contributed by atoms with E-state index in [2.05, 4.69) is 6.08 Å². The van der Waals surface area contributed by atoms with Gasteiger partial charge >= 0.3 is 6.18 Å². The van der Waals surface area contributed by atoms with Gasteiger partial charge in [-0.1, -0.05) is 17.7 Å². The zero-order chi connectivity index (χ0) is 22.7. The summed E-state index contributed by atoms with van der Waals surface area (Å²) in [7, 11) is 2.04. The van der Waals surface area contributed by atoms with E-state index in [9.17, 15) is 17.6 Å². The summed E-state index contributed by atoms with van der Waals surface area (Å²) < 4.78 is 59.4. The molecular weight excluding hydrogens is 396 g/mol. The largest absolute Gasteiger partial charge is 0.460 e. The van der Waals surface area contributed by atoms with E-state index in [4.69, 9.17) is 10.5 Å². The summed E-state index contributed by atoms with van der Waals surface area (Å²) in [5.41, 5.74) is 8.25. The van der Waals surface area contributed by atoms with E-state index in [1.165, 1.54) is 6.07 Å². The molecule has 1 aromatic rings. The van der Waals surface area contributed by atoms with Crippen molar-refractivity contribution in [3.63, 3.8) is 0 Å². The van der Waals surface area contributed by atoms with E-state index < -0.39 is 18.1 Å². The fraction of sp³-hybridized carbons (Fsp3) is 0.478. The van der Waals surface area contributed by atoms with Crippen LogP contribution in [0.25, 0.3) is 0 Å². The number of quaternary nitrogens is 1. The highest BCUT2D eigenvalue weighted by Crippen LogP contribution is 2.43. The van der Waals surface area contributed by atoms with Crippen LogP contribution in [0.15, 0.2) is 53.3 Å². The average Bonchev–Trinajstić information content (AvgIpc) is 2.59. The van der Waals surface area contributed by atoms with Crippen molar-refractivity contribution in [3.8, 4) is 5.75 Å². The van der Waals surface area contributed by atoms with Gasteiger partial charge in [-0.15, -0.1) is 0 Å². The van der Waals surface area contributed by atoms with E-state index in [1.807, 2.05) is 33.0 Å². The molecule has 1 aliphatic rings. The van der Waals surface area contributed by atoms with Crippen LogP contribution in [0.4, 0.5) is 17.6 Å². The van der Waals surface area contributed by atoms with Gasteiger partial charge in [-0.25, -0.2) is 4.39 Å². The van der Waals surface area contributed by atoms with Crippen LogP contribution >= 0.6 is 0 Å². The van der Waals surface area contributed by atoms with Gasteiger partial charge in [0.1, 0.15) is 11.8 Å². The summed E-state index contributed by atoms with van der Waals surface area (Å²) in [5, 5.41) is 0. The Kier molecular flexibility index (Phi) is 7.40. The number of allylic oxidation sites excluding steroid dienone is 3. The summed E-state index contributed by atoms with van der Waals surface area (Å²) in [4.78, 5) is 0. The number of rotatable bonds is 5. The summed E-state index contributed by atoms with van der Waals surface area (Å²) in [6.45, 7) is 8.22. The lowest BCUT2D eigenvalue weighted by molar-refractivity contribution is -0.928. The number of hydrogen-bond donors (Lipinski definition) is 1. The molecule has 0 spiro atoms. The highest BCUT2D eigenvalue weighted by Gasteiger charge is 2.39. The van der Waals surface area contributed by atoms with Crippen LogP contribution in [0.1, 0.15) is 51.3 Å². The molecule has 30 heavy (non-hydrogen) atoms. The second-order valence-corrected chi connectivity index (χ2v) is 8.27. The van der Waals surface area contributed by atoms with Crippen molar-refractivity contribution in [2.45, 2.75) is 52.7 Å². The predicted molar refractivity (Wildman–Crippen MR) is 111 cm³/mol. The van der Waals surface area contributed by atoms with Crippen LogP contribution < -0.4 is 10.5 Å². The van der Waals surface area contributed by atoms with Crippen molar-refractivity contribution in [1.29, 1.82) is 0 Å². The van der Waals surface area contributed by atoms with Crippen molar-refractivity contribution >= 4 is 0 Å². The highest BCUT2D eigenvalue weighted by atomic mass is 19.4. The lowest BCUT2D eigenvalue weighted by atomic mass is 9.91. The van der Waals surface area contributed by atoms with Gasteiger partial charge < -0.3 is 15.0 Å². The Hall–Kier alpha value is -2.28. The maximum Gasteiger partial charge on any atom is 0.416 e. The minimum Gasteiger partial charge on any atom is -0.460 e. The molecule has 0 radical (unpaired) electrons. The second kappa shape index (κ2) is 9.25. The quantitative estimate of drug-likeness (QED) is 0.459. The van der Waals surface area contributed by atoms with Crippen LogP contribution in [-0.4, -0.2) is 31.0 Å². The van der Waals surface area contributed by atoms with Gasteiger partial charge in [-0.2, -0.15) is 13.2 Å². The molecular formula is C23H31F4N2O+. The van der Waals surface area contributed by atoms with Gasteiger partial charge in [-0.05, 0) is 50.6 Å². The van der Waals surface area contributed by atoms with Gasteiger partial charge in [0.25, 0.3) is 0 Å². The van der Waals surface area contributed by atoms with Crippen LogP contribution in [0, 0.1) is 0 Å². The summed E-state index contributed by atoms with van der Waals surface area (Å²) in [6.07, 6.45) is 0.607. The third-order valence-corrected chi connectivity index (χ3v) is 5.37. The molecule has 0 bridgehead atoms. The van der Waals surface area contributed by atoms with Crippen molar-refractivity contribution < 1.29 is 26.8 Å². The van der Waals surface area contributed by atoms with Crippen molar-refractivity contribution in [1.82, 2.24) is 0 Å². The van der Waals surface area contributed by atoms with Crippen LogP contribution in [0.5, 0.6) is 5.75 Å². The normalized spacial score (nSPS) is 27.9. The zero-order valence-electron chi connectivity index (χ0n) is 18.2. The Morgan fingerprint density at radius 2 is 2.00 bits per heavy atom. The molecule has 2 N–H and O–H groups in total. The van der Waals surface area contributed by atoms with Crippen molar-refractivity contribution in [3.05, 3.63) is 64.4 Å². The molecule has 0 aliphatic carbocycles. The molecule has 0 saturated carbocycles. The molecule has 0 fully saturated rings. The van der Waals surface area contributed by atoms with Crippen LogP contribution in [-0.2, 0) is 6.18 Å². The van der Waals surface area contributed by atoms with E-state index in [1.54, 1.807) is 6.92 Å². The standard InChI is InChI=1S/C23H31F4N2O/c1-15-7-6-11-29(5,12-10-17(3)28)22(16(2)13-15)20-9-8-19(23(25,26)27)14-21(20)30-18(4)24/h7-10,13-14,18,22H,6,11-12,28H2,1-5H3/q+1/b15-7-,16-13+,17-10+. The first-order chi connectivity index (χ1) is 13.8. The summed E-state index contributed by atoms with van der Waals surface area (Å²) >= 11 is 0. The Morgan fingerprint density at radius 1 is 1.33 bits per heavy atom. The Morgan fingerprint density at radius 3 is 2.57 bits per heavy atom. The zero-order valence-corrected chi connectivity index (χ0v) is 18.2. The third kappa shape index (κ3) is 5.88. The fourth-order valence-electron chi connectivity index (χ4n) is 4.05. The molecule has 0 aromatic heterocycles. The fourth-order valence-corrected chi connectivity index (χ4v) is 4.05. The number of likely N-dealkylation sites (N-methyl/N-ethyl adjacent to an activating group) is 1. The Bertz CT molecular complexity index is 851.